The van der Waals surface area contributed by atoms with Crippen LogP contribution < -0.4 is 10.1 Å². The number of nitrogens with one attached hydrogen (secondary N) is 1. The number of anilines is 1. The van der Waals surface area contributed by atoms with Gasteiger partial charge in [-0.3, -0.25) is 10.1 Å². The fourth-order valence-electron chi connectivity index (χ4n) is 1.08. The number of amides is 1. The molecule has 1 rings (SSSR count). The van der Waals surface area contributed by atoms with E-state index in [0.717, 1.165) is 0 Å². The largest absolute Gasteiger partial charge is 0.481 e. The number of carbonyl (C=O) groups is 2. The number of ether oxygens (including phenoxy) is 1. The average Bonchev–Trinajstić information content (AvgIpc) is 2.35. The first-order chi connectivity index (χ1) is 8.85. The van der Waals surface area contributed by atoms with Gasteiger partial charge in [0.1, 0.15) is 5.15 Å². The van der Waals surface area contributed by atoms with Crippen LogP contribution >= 0.6 is 11.6 Å². The number of carboxylic acids is 1. The summed E-state index contributed by atoms with van der Waals surface area (Å²) >= 11 is 5.72. The van der Waals surface area contributed by atoms with Crippen LogP contribution in [0, 0.1) is 0 Å². The summed E-state index contributed by atoms with van der Waals surface area (Å²) in [4.78, 5) is 30.2. The number of carbonyl (C=O) groups excluding carboxylic acids is 1. The number of carboxylic acid groups (broad SMARTS) is 1. The van der Waals surface area contributed by atoms with E-state index in [9.17, 15) is 9.59 Å². The number of halogens is 1. The zero-order chi connectivity index (χ0) is 14.6. The summed E-state index contributed by atoms with van der Waals surface area (Å²) in [6, 6.07) is 1.38. The molecule has 0 saturated carbocycles. The van der Waals surface area contributed by atoms with Crippen molar-refractivity contribution >= 4 is 29.4 Å². The van der Waals surface area contributed by atoms with Gasteiger partial charge in [-0.2, -0.15) is 4.98 Å². The molecule has 1 aromatic rings. The highest BCUT2D eigenvalue weighted by Gasteiger charge is 2.14. The lowest BCUT2D eigenvalue weighted by molar-refractivity contribution is -0.133. The summed E-state index contributed by atoms with van der Waals surface area (Å²) < 4.78 is 4.87. The number of hydrogen-bond acceptors (Lipinski definition) is 5. The van der Waals surface area contributed by atoms with Crippen LogP contribution in [0.3, 0.4) is 0 Å². The number of nitrogens with zero attached hydrogens (tertiary/aromatic N) is 2. The van der Waals surface area contributed by atoms with Crippen LogP contribution in [-0.4, -0.2) is 34.1 Å². The lowest BCUT2D eigenvalue weighted by Crippen LogP contribution is -2.18. The molecule has 1 heterocycles. The van der Waals surface area contributed by atoms with E-state index in [-0.39, 0.29) is 28.1 Å². The highest BCUT2D eigenvalue weighted by Crippen LogP contribution is 2.16. The quantitative estimate of drug-likeness (QED) is 0.642. The maximum atomic E-state index is 11.8. The molecule has 2 N–H and O–H groups in total. The topological polar surface area (TPSA) is 101 Å². The van der Waals surface area contributed by atoms with E-state index in [4.69, 9.17) is 21.4 Å². The van der Waals surface area contributed by atoms with Crippen molar-refractivity contribution in [3.8, 4) is 5.88 Å². The molecule has 0 saturated heterocycles. The van der Waals surface area contributed by atoms with Crippen LogP contribution in [-0.2, 0) is 9.59 Å². The van der Waals surface area contributed by atoms with Gasteiger partial charge in [-0.1, -0.05) is 11.6 Å². The predicted molar refractivity (Wildman–Crippen MR) is 68.2 cm³/mol. The standard InChI is InChI=1S/C11H12ClN3O4/c1-5(6(2)10(17)18)9(16)15-11-13-7(12)4-8(14-11)19-3/h4H,1-3H3,(H,17,18)(H,13,14,15,16)/b6-5-. The molecule has 0 bridgehead atoms. The fraction of sp³-hybridized carbons (Fsp3) is 0.273. The van der Waals surface area contributed by atoms with E-state index >= 15 is 0 Å². The third-order valence-corrected chi connectivity index (χ3v) is 2.52. The fourth-order valence-corrected chi connectivity index (χ4v) is 1.26. The van der Waals surface area contributed by atoms with Crippen molar-refractivity contribution in [1.82, 2.24) is 9.97 Å². The summed E-state index contributed by atoms with van der Waals surface area (Å²) in [5.74, 6) is -1.67. The molecule has 0 aliphatic carbocycles. The molecular formula is C11H12ClN3O4. The highest BCUT2D eigenvalue weighted by molar-refractivity contribution is 6.29. The molecule has 8 heteroatoms. The van der Waals surface area contributed by atoms with Crippen molar-refractivity contribution in [2.75, 3.05) is 12.4 Å². The molecule has 19 heavy (non-hydrogen) atoms. The van der Waals surface area contributed by atoms with Crippen LogP contribution in [0.4, 0.5) is 5.95 Å². The molecule has 0 unspecified atom stereocenters. The minimum atomic E-state index is -1.17. The Kier molecular flexibility index (Phi) is 4.82. The number of rotatable bonds is 4. The van der Waals surface area contributed by atoms with Gasteiger partial charge in [0.05, 0.1) is 7.11 Å². The maximum absolute atomic E-state index is 11.8. The average molecular weight is 286 g/mol. The second-order valence-electron chi connectivity index (χ2n) is 3.57. The number of aliphatic carboxylic acids is 1. The number of hydrogen-bond donors (Lipinski definition) is 2. The van der Waals surface area contributed by atoms with E-state index < -0.39 is 11.9 Å². The Bertz CT molecular complexity index is 557. The molecule has 0 aliphatic rings. The SMILES string of the molecule is COc1cc(Cl)nc(NC(=O)/C(C)=C(/C)C(=O)O)n1. The Labute approximate surface area is 114 Å². The van der Waals surface area contributed by atoms with Crippen molar-refractivity contribution in [2.24, 2.45) is 0 Å². The van der Waals surface area contributed by atoms with Crippen molar-refractivity contribution in [1.29, 1.82) is 0 Å². The Morgan fingerprint density at radius 1 is 1.32 bits per heavy atom. The summed E-state index contributed by atoms with van der Waals surface area (Å²) in [6.45, 7) is 2.72. The molecule has 0 spiro atoms. The third kappa shape index (κ3) is 3.92. The van der Waals surface area contributed by atoms with Crippen molar-refractivity contribution in [2.45, 2.75) is 13.8 Å². The highest BCUT2D eigenvalue weighted by atomic mass is 35.5. The first kappa shape index (κ1) is 14.9. The second-order valence-corrected chi connectivity index (χ2v) is 3.95. The summed E-state index contributed by atoms with van der Waals surface area (Å²) in [5, 5.41) is 11.2. The number of aromatic nitrogens is 2. The van der Waals surface area contributed by atoms with Crippen LogP contribution in [0.25, 0.3) is 0 Å². The summed E-state index contributed by atoms with van der Waals surface area (Å²) in [6.07, 6.45) is 0. The van der Waals surface area contributed by atoms with Crippen LogP contribution in [0.2, 0.25) is 5.15 Å². The first-order valence-corrected chi connectivity index (χ1v) is 5.53. The monoisotopic (exact) mass is 285 g/mol. The van der Waals surface area contributed by atoms with Crippen LogP contribution in [0.15, 0.2) is 17.2 Å². The Hall–Kier alpha value is -2.15. The maximum Gasteiger partial charge on any atom is 0.331 e. The molecule has 102 valence electrons. The van der Waals surface area contributed by atoms with Gasteiger partial charge >= 0.3 is 5.97 Å². The van der Waals surface area contributed by atoms with Gasteiger partial charge in [-0.05, 0) is 13.8 Å². The molecule has 0 aliphatic heterocycles. The smallest absolute Gasteiger partial charge is 0.331 e. The van der Waals surface area contributed by atoms with Crippen molar-refractivity contribution in [3.05, 3.63) is 22.4 Å². The van der Waals surface area contributed by atoms with E-state index in [2.05, 4.69) is 15.3 Å². The first-order valence-electron chi connectivity index (χ1n) is 5.15. The van der Waals surface area contributed by atoms with E-state index in [1.54, 1.807) is 0 Å². The second kappa shape index (κ2) is 6.14. The Balaban J connectivity index is 2.97. The van der Waals surface area contributed by atoms with E-state index in [1.165, 1.54) is 27.0 Å². The molecular weight excluding hydrogens is 274 g/mol. The zero-order valence-electron chi connectivity index (χ0n) is 10.5. The van der Waals surface area contributed by atoms with Crippen molar-refractivity contribution < 1.29 is 19.4 Å². The Morgan fingerprint density at radius 3 is 2.47 bits per heavy atom. The van der Waals surface area contributed by atoms with E-state index in [1.807, 2.05) is 0 Å². The third-order valence-electron chi connectivity index (χ3n) is 2.33. The molecule has 0 fully saturated rings. The summed E-state index contributed by atoms with van der Waals surface area (Å²) in [7, 11) is 1.39. The lowest BCUT2D eigenvalue weighted by atomic mass is 10.1. The molecule has 1 amide bonds. The van der Waals surface area contributed by atoms with Crippen molar-refractivity contribution in [3.63, 3.8) is 0 Å². The molecule has 0 atom stereocenters. The van der Waals surface area contributed by atoms with Gasteiger partial charge in [0, 0.05) is 17.2 Å². The predicted octanol–water partition coefficient (Wildman–Crippen LogP) is 1.50. The summed E-state index contributed by atoms with van der Waals surface area (Å²) in [5.41, 5.74) is -0.0125. The van der Waals surface area contributed by atoms with Gasteiger partial charge < -0.3 is 9.84 Å². The van der Waals surface area contributed by atoms with Crippen LogP contribution in [0.5, 0.6) is 5.88 Å². The molecule has 7 nitrogen and oxygen atoms in total. The molecule has 0 aromatic carbocycles. The minimum absolute atomic E-state index is 0.0510. The van der Waals surface area contributed by atoms with Gasteiger partial charge in [-0.25, -0.2) is 9.78 Å². The van der Waals surface area contributed by atoms with Gasteiger partial charge in [-0.15, -0.1) is 0 Å². The van der Waals surface area contributed by atoms with Crippen LogP contribution in [0.1, 0.15) is 13.8 Å². The molecule has 1 aromatic heterocycles. The number of methoxy groups -OCH3 is 1. The zero-order valence-corrected chi connectivity index (χ0v) is 11.3. The van der Waals surface area contributed by atoms with Gasteiger partial charge in [0.15, 0.2) is 0 Å². The lowest BCUT2D eigenvalue weighted by Gasteiger charge is -2.07. The normalized spacial score (nSPS) is 11.6. The van der Waals surface area contributed by atoms with E-state index in [0.29, 0.717) is 0 Å². The molecule has 0 radical (unpaired) electrons. The van der Waals surface area contributed by atoms with Gasteiger partial charge in [0.25, 0.3) is 5.91 Å². The minimum Gasteiger partial charge on any atom is -0.481 e. The van der Waals surface area contributed by atoms with Gasteiger partial charge in [0.2, 0.25) is 11.8 Å². The Morgan fingerprint density at radius 2 is 1.95 bits per heavy atom.